The molecular formula is C45H52ClN11O7S. The number of likely N-dealkylation sites (tertiary alicyclic amines) is 1. The summed E-state index contributed by atoms with van der Waals surface area (Å²) >= 11 is 6.34. The molecule has 1 aromatic heterocycles. The Morgan fingerprint density at radius 3 is 2.42 bits per heavy atom. The van der Waals surface area contributed by atoms with E-state index in [1.54, 1.807) is 37.5 Å². The van der Waals surface area contributed by atoms with Crippen molar-refractivity contribution in [2.45, 2.75) is 51.6 Å². The first-order valence-corrected chi connectivity index (χ1v) is 22.8. The maximum absolute atomic E-state index is 13.7. The van der Waals surface area contributed by atoms with Gasteiger partial charge in [0.2, 0.25) is 23.7 Å². The number of benzene rings is 3. The number of hydrogen-bond acceptors (Lipinski definition) is 14. The van der Waals surface area contributed by atoms with Crippen molar-refractivity contribution >= 4 is 93.2 Å². The fourth-order valence-corrected chi connectivity index (χ4v) is 9.43. The van der Waals surface area contributed by atoms with Crippen LogP contribution in [0.5, 0.6) is 5.75 Å². The molecule has 65 heavy (non-hydrogen) atoms. The highest BCUT2D eigenvalue weighted by Crippen LogP contribution is 2.37. The smallest absolute Gasteiger partial charge is 0.264 e. The number of piperidine rings is 2. The van der Waals surface area contributed by atoms with Gasteiger partial charge < -0.3 is 30.5 Å². The van der Waals surface area contributed by atoms with Crippen LogP contribution in [0.2, 0.25) is 5.02 Å². The van der Waals surface area contributed by atoms with Crippen LogP contribution in [-0.4, -0.2) is 130 Å². The number of piperazine rings is 1. The predicted molar refractivity (Wildman–Crippen MR) is 250 cm³/mol. The van der Waals surface area contributed by atoms with Crippen LogP contribution < -0.4 is 35.2 Å². The summed E-state index contributed by atoms with van der Waals surface area (Å²) in [5, 5.41) is 12.2. The van der Waals surface area contributed by atoms with Crippen molar-refractivity contribution in [3.05, 3.63) is 82.5 Å². The van der Waals surface area contributed by atoms with E-state index in [1.165, 1.54) is 12.3 Å². The minimum atomic E-state index is -1.07. The van der Waals surface area contributed by atoms with Gasteiger partial charge in [0.15, 0.2) is 5.82 Å². The molecule has 8 rings (SSSR count). The van der Waals surface area contributed by atoms with Gasteiger partial charge in [0, 0.05) is 76.7 Å². The largest absolute Gasteiger partial charge is 0.494 e. The normalized spacial score (nSPS) is 18.6. The number of carbonyl (C=O) groups is 5. The summed E-state index contributed by atoms with van der Waals surface area (Å²) in [6.07, 6.45) is 3.36. The lowest BCUT2D eigenvalue weighted by molar-refractivity contribution is -0.136. The Labute approximate surface area is 385 Å². The third-order valence-electron chi connectivity index (χ3n) is 12.5. The summed E-state index contributed by atoms with van der Waals surface area (Å²) in [6.45, 7) is 9.49. The standard InChI is InChI=1S/C45H52ClN11O7S/c1-26-22-33(50-45-47-24-30(46)40(52-45)49-31-9-5-6-11-34(31)53(3)65-63)37(64-4)23-36(26)55-20-18-54(19-21-55)25-28-14-16-56(17-15-28)42(60)27(2)48-32-10-7-8-29-39(32)44(62)57(43(29)61)35-12-13-38(58)51-41(35)59/h5-11,22-24,27-28,35,48,65H,12-21,25H2,1-4H3,(H,51,58,59)(H2,47,49,50,52)/t27-,35?/m0/s1. The van der Waals surface area contributed by atoms with Crippen molar-refractivity contribution in [3.8, 4) is 5.75 Å². The molecule has 1 unspecified atom stereocenters. The Kier molecular flexibility index (Phi) is 13.5. The number of amides is 5. The molecule has 3 aromatic carbocycles. The second-order valence-electron chi connectivity index (χ2n) is 16.7. The zero-order chi connectivity index (χ0) is 45.9. The van der Waals surface area contributed by atoms with E-state index in [0.717, 1.165) is 61.7 Å². The van der Waals surface area contributed by atoms with Gasteiger partial charge in [-0.05, 0) is 74.9 Å². The molecule has 3 fully saturated rings. The first-order valence-electron chi connectivity index (χ1n) is 21.6. The van der Waals surface area contributed by atoms with E-state index in [2.05, 4.69) is 48.0 Å². The molecule has 5 amide bonds. The van der Waals surface area contributed by atoms with Gasteiger partial charge >= 0.3 is 0 Å². The number of ether oxygens (including phenoxy) is 1. The van der Waals surface area contributed by atoms with E-state index in [4.69, 9.17) is 16.3 Å². The molecule has 5 heterocycles. The van der Waals surface area contributed by atoms with Crippen LogP contribution in [0.15, 0.2) is 60.8 Å². The van der Waals surface area contributed by atoms with E-state index in [0.29, 0.717) is 64.3 Å². The fraction of sp³-hybridized carbons (Fsp3) is 0.400. The number of nitrogens with zero attached hydrogens (tertiary/aromatic N) is 7. The van der Waals surface area contributed by atoms with E-state index >= 15 is 0 Å². The van der Waals surface area contributed by atoms with E-state index < -0.39 is 35.7 Å². The lowest BCUT2D eigenvalue weighted by Gasteiger charge is -2.40. The maximum atomic E-state index is 13.7. The average molecular weight is 927 g/mol. The Bertz CT molecular complexity index is 2530. The Hall–Kier alpha value is -6.31. The minimum Gasteiger partial charge on any atom is -0.494 e. The number of halogens is 1. The molecule has 0 saturated carbocycles. The number of aryl methyl sites for hydroxylation is 1. The van der Waals surface area contributed by atoms with E-state index in [9.17, 15) is 28.2 Å². The second kappa shape index (κ2) is 19.4. The summed E-state index contributed by atoms with van der Waals surface area (Å²) in [4.78, 5) is 81.5. The predicted octanol–water partition coefficient (Wildman–Crippen LogP) is 4.49. The van der Waals surface area contributed by atoms with E-state index in [1.807, 2.05) is 41.3 Å². The summed E-state index contributed by atoms with van der Waals surface area (Å²) in [5.74, 6) is -0.629. The van der Waals surface area contributed by atoms with Crippen molar-refractivity contribution in [1.82, 2.24) is 30.0 Å². The Morgan fingerprint density at radius 2 is 1.69 bits per heavy atom. The molecule has 3 saturated heterocycles. The van der Waals surface area contributed by atoms with Crippen LogP contribution in [0, 0.1) is 12.8 Å². The number of para-hydroxylation sites is 2. The fourth-order valence-electron chi connectivity index (χ4n) is 9.03. The first kappa shape index (κ1) is 45.3. The summed E-state index contributed by atoms with van der Waals surface area (Å²) in [6, 6.07) is 14.6. The highest BCUT2D eigenvalue weighted by atomic mass is 35.5. The van der Waals surface area contributed by atoms with Crippen molar-refractivity contribution in [3.63, 3.8) is 0 Å². The molecule has 342 valence electrons. The van der Waals surface area contributed by atoms with Crippen LogP contribution >= 0.6 is 11.6 Å². The quantitative estimate of drug-likeness (QED) is 0.0875. The molecule has 4 N–H and O–H groups in total. The van der Waals surface area contributed by atoms with Crippen LogP contribution in [0.3, 0.4) is 0 Å². The van der Waals surface area contributed by atoms with Crippen molar-refractivity contribution in [1.29, 1.82) is 0 Å². The number of fused-ring (bicyclic) bond motifs is 1. The highest BCUT2D eigenvalue weighted by molar-refractivity contribution is 7.67. The number of nitrogens with one attached hydrogen (secondary N) is 4. The van der Waals surface area contributed by atoms with Crippen LogP contribution in [0.25, 0.3) is 0 Å². The number of carbonyl (C=O) groups excluding carboxylic acids is 5. The van der Waals surface area contributed by atoms with Gasteiger partial charge in [-0.25, -0.2) is 9.19 Å². The third kappa shape index (κ3) is 9.58. The number of hydrogen-bond donors (Lipinski definition) is 5. The highest BCUT2D eigenvalue weighted by Gasteiger charge is 2.46. The van der Waals surface area contributed by atoms with Gasteiger partial charge in [-0.15, -0.1) is 0 Å². The molecule has 2 atom stereocenters. The third-order valence-corrected chi connectivity index (χ3v) is 13.2. The van der Waals surface area contributed by atoms with Crippen molar-refractivity contribution < 1.29 is 32.9 Å². The molecule has 0 radical (unpaired) electrons. The minimum absolute atomic E-state index is 0.0334. The topological polar surface area (TPSA) is 202 Å². The number of thiol groups is 1. The molecule has 18 nitrogen and oxygen atoms in total. The number of aromatic nitrogens is 2. The lowest BCUT2D eigenvalue weighted by atomic mass is 9.95. The molecule has 4 aliphatic rings. The molecule has 4 aliphatic heterocycles. The van der Waals surface area contributed by atoms with Crippen LogP contribution in [-0.2, 0) is 26.2 Å². The number of methoxy groups -OCH3 is 1. The van der Waals surface area contributed by atoms with Crippen LogP contribution in [0.1, 0.15) is 58.9 Å². The SMILES string of the molecule is COc1cc(N2CCN(CC3CCN(C(=O)[C@H](C)Nc4cccc5c4C(=O)N(C4CCC(=O)NC4=O)C5=O)CC3)CC2)c(C)cc1Nc1ncc(Cl)c(Nc2ccccc2N(C)[SH]=O)n1. The molecule has 0 aliphatic carbocycles. The maximum Gasteiger partial charge on any atom is 0.264 e. The molecule has 4 aromatic rings. The van der Waals surface area contributed by atoms with Crippen LogP contribution in [0.4, 0.5) is 40.2 Å². The van der Waals surface area contributed by atoms with E-state index in [-0.39, 0.29) is 41.7 Å². The average Bonchev–Trinajstić information content (AvgIpc) is 3.56. The van der Waals surface area contributed by atoms with Gasteiger partial charge in [-0.1, -0.05) is 29.8 Å². The second-order valence-corrected chi connectivity index (χ2v) is 17.9. The molecule has 0 bridgehead atoms. The summed E-state index contributed by atoms with van der Waals surface area (Å²) < 4.78 is 19.0. The van der Waals surface area contributed by atoms with Gasteiger partial charge in [-0.3, -0.25) is 43.4 Å². The van der Waals surface area contributed by atoms with Gasteiger partial charge in [0.1, 0.15) is 34.7 Å². The number of anilines is 7. The van der Waals surface area contributed by atoms with Gasteiger partial charge in [-0.2, -0.15) is 4.98 Å². The van der Waals surface area contributed by atoms with Gasteiger partial charge in [0.05, 0.1) is 41.5 Å². The van der Waals surface area contributed by atoms with Crippen molar-refractivity contribution in [2.75, 3.05) is 85.1 Å². The molecule has 20 heteroatoms. The summed E-state index contributed by atoms with van der Waals surface area (Å²) in [7, 11) is 3.34. The monoisotopic (exact) mass is 925 g/mol. The van der Waals surface area contributed by atoms with Crippen molar-refractivity contribution in [2.24, 2.45) is 5.92 Å². The Balaban J connectivity index is 0.822. The van der Waals surface area contributed by atoms with Gasteiger partial charge in [0.25, 0.3) is 11.8 Å². The summed E-state index contributed by atoms with van der Waals surface area (Å²) in [5.41, 5.74) is 4.88. The number of rotatable bonds is 14. The Morgan fingerprint density at radius 1 is 0.954 bits per heavy atom. The molecular weight excluding hydrogens is 874 g/mol. The number of imide groups is 2. The zero-order valence-corrected chi connectivity index (χ0v) is 38.2. The zero-order valence-electron chi connectivity index (χ0n) is 36.6. The lowest BCUT2D eigenvalue weighted by Crippen LogP contribution is -2.54. The first-order chi connectivity index (χ1) is 31.3. The molecule has 0 spiro atoms.